The molecule has 0 spiro atoms. The van der Waals surface area contributed by atoms with Crippen molar-refractivity contribution >= 4 is 63.8 Å². The summed E-state index contributed by atoms with van der Waals surface area (Å²) < 4.78 is 2.64. The highest BCUT2D eigenvalue weighted by Crippen LogP contribution is 2.51. The molecule has 11 aromatic carbocycles. The molecular formula is C60H36S. The second-order valence-corrected chi connectivity index (χ2v) is 17.3. The van der Waals surface area contributed by atoms with Crippen molar-refractivity contribution in [3.05, 3.63) is 218 Å². The molecule has 0 nitrogen and oxygen atoms in total. The number of hydrogen-bond acceptors (Lipinski definition) is 1. The van der Waals surface area contributed by atoms with Crippen LogP contribution in [0.3, 0.4) is 0 Å². The Balaban J connectivity index is 1.12. The average molecular weight is 789 g/mol. The summed E-state index contributed by atoms with van der Waals surface area (Å²) in [6.07, 6.45) is 0. The van der Waals surface area contributed by atoms with Crippen molar-refractivity contribution in [3.63, 3.8) is 0 Å². The Morgan fingerprint density at radius 1 is 0.213 bits per heavy atom. The zero-order chi connectivity index (χ0) is 40.0. The molecule has 1 aliphatic carbocycles. The van der Waals surface area contributed by atoms with E-state index in [0.717, 1.165) is 0 Å². The first kappa shape index (κ1) is 34.3. The summed E-state index contributed by atoms with van der Waals surface area (Å²) in [5.74, 6) is 0. The zero-order valence-electron chi connectivity index (χ0n) is 33.2. The smallest absolute Gasteiger partial charge is 0.0433 e. The van der Waals surface area contributed by atoms with Crippen LogP contribution in [0.5, 0.6) is 0 Å². The number of benzene rings is 11. The minimum Gasteiger partial charge on any atom is -0.135 e. The molecule has 1 heteroatoms. The highest BCUT2D eigenvalue weighted by atomic mass is 32.1. The molecular weight excluding hydrogens is 753 g/mol. The lowest BCUT2D eigenvalue weighted by atomic mass is 9.78. The van der Waals surface area contributed by atoms with Gasteiger partial charge in [-0.15, -0.1) is 11.3 Å². The number of rotatable bonds is 3. The van der Waals surface area contributed by atoms with E-state index in [-0.39, 0.29) is 0 Å². The van der Waals surface area contributed by atoms with Crippen LogP contribution in [0.15, 0.2) is 218 Å². The molecule has 0 aliphatic heterocycles. The van der Waals surface area contributed by atoms with E-state index in [0.29, 0.717) is 0 Å². The van der Waals surface area contributed by atoms with Crippen molar-refractivity contribution in [1.82, 2.24) is 0 Å². The Hall–Kier alpha value is -7.58. The summed E-state index contributed by atoms with van der Waals surface area (Å²) in [7, 11) is 0. The summed E-state index contributed by atoms with van der Waals surface area (Å²) in [6, 6.07) is 81.6. The highest BCUT2D eigenvalue weighted by Gasteiger charge is 2.25. The van der Waals surface area contributed by atoms with Gasteiger partial charge in [-0.2, -0.15) is 0 Å². The van der Waals surface area contributed by atoms with Gasteiger partial charge in [0, 0.05) is 20.2 Å². The molecule has 0 radical (unpaired) electrons. The Kier molecular flexibility index (Phi) is 7.58. The maximum atomic E-state index is 2.45. The maximum Gasteiger partial charge on any atom is 0.0433 e. The normalized spacial score (nSPS) is 11.9. The van der Waals surface area contributed by atoms with Gasteiger partial charge in [0.2, 0.25) is 0 Å². The molecule has 0 saturated carbocycles. The second kappa shape index (κ2) is 13.5. The van der Waals surface area contributed by atoms with E-state index in [1.54, 1.807) is 0 Å². The molecule has 0 atom stereocenters. The highest BCUT2D eigenvalue weighted by molar-refractivity contribution is 7.26. The number of hydrogen-bond donors (Lipinski definition) is 0. The summed E-state index contributed by atoms with van der Waals surface area (Å²) in [5, 5.41) is 10.3. The van der Waals surface area contributed by atoms with Crippen molar-refractivity contribution in [2.75, 3.05) is 0 Å². The minimum atomic E-state index is 1.20. The van der Waals surface area contributed by atoms with E-state index in [4.69, 9.17) is 0 Å². The molecule has 0 unspecified atom stereocenters. The van der Waals surface area contributed by atoms with E-state index >= 15 is 0 Å². The third-order valence-electron chi connectivity index (χ3n) is 13.0. The van der Waals surface area contributed by atoms with Gasteiger partial charge >= 0.3 is 0 Å². The van der Waals surface area contributed by atoms with Crippen molar-refractivity contribution in [1.29, 1.82) is 0 Å². The first-order chi connectivity index (χ1) is 30.3. The molecule has 61 heavy (non-hydrogen) atoms. The van der Waals surface area contributed by atoms with Gasteiger partial charge in [-0.05, 0) is 141 Å². The molecule has 13 rings (SSSR count). The van der Waals surface area contributed by atoms with Gasteiger partial charge in [0.05, 0.1) is 0 Å². The fourth-order valence-electron chi connectivity index (χ4n) is 10.3. The molecule has 1 aliphatic rings. The molecule has 0 saturated heterocycles. The predicted octanol–water partition coefficient (Wildman–Crippen LogP) is 17.5. The van der Waals surface area contributed by atoms with E-state index in [1.807, 2.05) is 11.3 Å². The first-order valence-electron chi connectivity index (χ1n) is 21.1. The van der Waals surface area contributed by atoms with Crippen LogP contribution in [0.25, 0.3) is 130 Å². The maximum absolute atomic E-state index is 2.45. The summed E-state index contributed by atoms with van der Waals surface area (Å²) in [4.78, 5) is 0. The van der Waals surface area contributed by atoms with Crippen molar-refractivity contribution in [2.45, 2.75) is 0 Å². The van der Waals surface area contributed by atoms with Crippen LogP contribution in [0.2, 0.25) is 0 Å². The molecule has 0 bridgehead atoms. The molecule has 12 aromatic rings. The molecule has 0 amide bonds. The lowest BCUT2D eigenvalue weighted by Gasteiger charge is -2.25. The van der Waals surface area contributed by atoms with Gasteiger partial charge < -0.3 is 0 Å². The van der Waals surface area contributed by atoms with Crippen LogP contribution >= 0.6 is 11.3 Å². The van der Waals surface area contributed by atoms with Crippen molar-refractivity contribution in [3.8, 4) is 77.9 Å². The lowest BCUT2D eigenvalue weighted by Crippen LogP contribution is -1.99. The fraction of sp³-hybridized carbons (Fsp3) is 0. The van der Waals surface area contributed by atoms with Crippen LogP contribution in [-0.2, 0) is 0 Å². The summed E-state index contributed by atoms with van der Waals surface area (Å²) in [5.41, 5.74) is 17.4. The SMILES string of the molecule is c1ccc2c(c1)-c1ccccc1-c1cccc(-c3cc(-c4ccc5c6ccccc6c6ccccc6c5c4)cc(-c4cccc5c4sc4ccccc45)c3)c1-c1ccccc1-2. The number of thiophene rings is 1. The standard InChI is InChI=1S/C60H36S/c1-3-17-45-43(15-1)46-18-5-7-21-50(46)55-28-13-26-41(59(55)54-25-10-9-22-49(45)54)39-33-38(34-40(35-39)42-27-14-29-56-53-24-11-12-30-58(53)61-60(42)56)37-31-32-52-48-20-4-2-16-44(48)47-19-6-8-23-51(47)57(52)36-37/h1-36H. The molecule has 0 fully saturated rings. The second-order valence-electron chi connectivity index (χ2n) is 16.3. The van der Waals surface area contributed by atoms with Gasteiger partial charge in [-0.1, -0.05) is 188 Å². The Labute approximate surface area is 358 Å². The predicted molar refractivity (Wildman–Crippen MR) is 263 cm³/mol. The van der Waals surface area contributed by atoms with Crippen LogP contribution in [0, 0.1) is 0 Å². The third kappa shape index (κ3) is 5.24. The largest absolute Gasteiger partial charge is 0.135 e. The molecule has 0 N–H and O–H groups in total. The molecule has 282 valence electrons. The first-order valence-corrected chi connectivity index (χ1v) is 21.9. The van der Waals surface area contributed by atoms with Gasteiger partial charge in [0.15, 0.2) is 0 Å². The minimum absolute atomic E-state index is 1.20. The van der Waals surface area contributed by atoms with Crippen LogP contribution in [0.1, 0.15) is 0 Å². The lowest BCUT2D eigenvalue weighted by molar-refractivity contribution is 1.51. The van der Waals surface area contributed by atoms with Gasteiger partial charge in [0.1, 0.15) is 0 Å². The average Bonchev–Trinajstić information content (AvgIpc) is 3.72. The zero-order valence-corrected chi connectivity index (χ0v) is 34.0. The molecule has 1 aromatic heterocycles. The Morgan fingerprint density at radius 3 is 1.28 bits per heavy atom. The van der Waals surface area contributed by atoms with Crippen LogP contribution < -0.4 is 0 Å². The van der Waals surface area contributed by atoms with E-state index in [9.17, 15) is 0 Å². The fourth-order valence-corrected chi connectivity index (χ4v) is 11.6. The topological polar surface area (TPSA) is 0 Å². The third-order valence-corrected chi connectivity index (χ3v) is 14.2. The van der Waals surface area contributed by atoms with E-state index in [1.165, 1.54) is 130 Å². The Bertz CT molecular complexity index is 3730. The van der Waals surface area contributed by atoms with E-state index in [2.05, 4.69) is 218 Å². The number of fused-ring (bicyclic) bond motifs is 17. The quantitative estimate of drug-likeness (QED) is 0.156. The van der Waals surface area contributed by atoms with Gasteiger partial charge in [-0.25, -0.2) is 0 Å². The summed E-state index contributed by atoms with van der Waals surface area (Å²) >= 11 is 1.90. The van der Waals surface area contributed by atoms with Gasteiger partial charge in [0.25, 0.3) is 0 Å². The van der Waals surface area contributed by atoms with Crippen molar-refractivity contribution < 1.29 is 0 Å². The van der Waals surface area contributed by atoms with E-state index < -0.39 is 0 Å². The van der Waals surface area contributed by atoms with Crippen LogP contribution in [0.4, 0.5) is 0 Å². The van der Waals surface area contributed by atoms with Crippen molar-refractivity contribution in [2.24, 2.45) is 0 Å². The van der Waals surface area contributed by atoms with Gasteiger partial charge in [-0.3, -0.25) is 0 Å². The van der Waals surface area contributed by atoms with Crippen LogP contribution in [-0.4, -0.2) is 0 Å². The molecule has 1 heterocycles. The Morgan fingerprint density at radius 2 is 0.623 bits per heavy atom. The summed E-state index contributed by atoms with van der Waals surface area (Å²) in [6.45, 7) is 0. The monoisotopic (exact) mass is 788 g/mol.